The number of hydrogen-bond donors (Lipinski definition) is 1. The Bertz CT molecular complexity index is 399. The fourth-order valence-electron chi connectivity index (χ4n) is 1.03. The van der Waals surface area contributed by atoms with Gasteiger partial charge in [0.1, 0.15) is 5.76 Å². The number of rotatable bonds is 6. The van der Waals surface area contributed by atoms with E-state index in [0.717, 1.165) is 9.53 Å². The SMILES string of the molecule is CCS(=O)(=O)CCNCc1ccc(I)o1. The van der Waals surface area contributed by atoms with Gasteiger partial charge in [0, 0.05) is 12.3 Å². The van der Waals surface area contributed by atoms with Crippen LogP contribution in [0.2, 0.25) is 0 Å². The molecule has 0 aliphatic heterocycles. The van der Waals surface area contributed by atoms with E-state index in [-0.39, 0.29) is 11.5 Å². The predicted octanol–water partition coefficient (Wildman–Crippen LogP) is 1.41. The second kappa shape index (κ2) is 5.86. The molecule has 15 heavy (non-hydrogen) atoms. The van der Waals surface area contributed by atoms with Crippen LogP contribution in [0.1, 0.15) is 12.7 Å². The summed E-state index contributed by atoms with van der Waals surface area (Å²) in [5.41, 5.74) is 0. The van der Waals surface area contributed by atoms with Crippen LogP contribution in [-0.2, 0) is 16.4 Å². The number of halogens is 1. The van der Waals surface area contributed by atoms with Gasteiger partial charge < -0.3 is 9.73 Å². The minimum absolute atomic E-state index is 0.182. The van der Waals surface area contributed by atoms with Crippen molar-refractivity contribution in [1.82, 2.24) is 5.32 Å². The summed E-state index contributed by atoms with van der Waals surface area (Å²) in [5.74, 6) is 1.21. The number of hydrogen-bond acceptors (Lipinski definition) is 4. The third kappa shape index (κ3) is 4.98. The highest BCUT2D eigenvalue weighted by Gasteiger charge is 2.06. The van der Waals surface area contributed by atoms with Crippen molar-refractivity contribution in [3.05, 3.63) is 21.7 Å². The van der Waals surface area contributed by atoms with Gasteiger partial charge in [0.15, 0.2) is 13.6 Å². The van der Waals surface area contributed by atoms with E-state index < -0.39 is 9.84 Å². The highest BCUT2D eigenvalue weighted by molar-refractivity contribution is 14.1. The number of sulfone groups is 1. The summed E-state index contributed by atoms with van der Waals surface area (Å²) in [6, 6.07) is 3.75. The van der Waals surface area contributed by atoms with Crippen LogP contribution in [0.15, 0.2) is 16.5 Å². The average molecular weight is 343 g/mol. The summed E-state index contributed by atoms with van der Waals surface area (Å²) in [7, 11) is -2.86. The maximum atomic E-state index is 11.2. The van der Waals surface area contributed by atoms with E-state index in [4.69, 9.17) is 4.42 Å². The van der Waals surface area contributed by atoms with Crippen molar-refractivity contribution >= 4 is 32.4 Å². The second-order valence-electron chi connectivity index (χ2n) is 3.12. The molecule has 1 N–H and O–H groups in total. The Morgan fingerprint density at radius 3 is 2.73 bits per heavy atom. The Kier molecular flexibility index (Phi) is 5.07. The van der Waals surface area contributed by atoms with Gasteiger partial charge >= 0.3 is 0 Å². The van der Waals surface area contributed by atoms with E-state index in [2.05, 4.69) is 27.9 Å². The lowest BCUT2D eigenvalue weighted by molar-refractivity contribution is 0.466. The monoisotopic (exact) mass is 343 g/mol. The quantitative estimate of drug-likeness (QED) is 0.627. The molecular formula is C9H14INO3S. The standard InChI is InChI=1S/C9H14INO3S/c1-2-15(12,13)6-5-11-7-8-3-4-9(10)14-8/h3-4,11H,2,5-7H2,1H3. The topological polar surface area (TPSA) is 59.3 Å². The molecule has 0 unspecified atom stereocenters. The van der Waals surface area contributed by atoms with E-state index >= 15 is 0 Å². The Balaban J connectivity index is 2.23. The van der Waals surface area contributed by atoms with Crippen LogP contribution in [0.5, 0.6) is 0 Å². The summed E-state index contributed by atoms with van der Waals surface area (Å²) in [4.78, 5) is 0. The van der Waals surface area contributed by atoms with E-state index in [1.807, 2.05) is 12.1 Å². The lowest BCUT2D eigenvalue weighted by Gasteiger charge is -2.02. The fraction of sp³-hybridized carbons (Fsp3) is 0.556. The molecule has 86 valence electrons. The molecule has 1 rings (SSSR count). The van der Waals surface area contributed by atoms with Gasteiger partial charge in [-0.1, -0.05) is 6.92 Å². The molecule has 6 heteroatoms. The van der Waals surface area contributed by atoms with Gasteiger partial charge in [-0.15, -0.1) is 0 Å². The van der Waals surface area contributed by atoms with Crippen molar-refractivity contribution in [3.8, 4) is 0 Å². The molecule has 1 aromatic rings. The molecule has 1 aromatic heterocycles. The third-order valence-electron chi connectivity index (χ3n) is 1.96. The number of nitrogens with one attached hydrogen (secondary N) is 1. The zero-order chi connectivity index (χ0) is 11.3. The normalized spacial score (nSPS) is 11.9. The van der Waals surface area contributed by atoms with Gasteiger partial charge in [-0.2, -0.15) is 0 Å². The first-order chi connectivity index (χ1) is 7.03. The fourth-order valence-corrected chi connectivity index (χ4v) is 2.24. The van der Waals surface area contributed by atoms with E-state index in [0.29, 0.717) is 13.1 Å². The first-order valence-electron chi connectivity index (χ1n) is 4.69. The molecule has 0 spiro atoms. The van der Waals surface area contributed by atoms with Gasteiger partial charge in [-0.25, -0.2) is 8.42 Å². The van der Waals surface area contributed by atoms with Gasteiger partial charge in [-0.3, -0.25) is 0 Å². The Morgan fingerprint density at radius 2 is 2.20 bits per heavy atom. The summed E-state index contributed by atoms with van der Waals surface area (Å²) in [6.45, 7) is 2.69. The van der Waals surface area contributed by atoms with Crippen LogP contribution in [-0.4, -0.2) is 26.5 Å². The van der Waals surface area contributed by atoms with Crippen molar-refractivity contribution in [2.24, 2.45) is 0 Å². The van der Waals surface area contributed by atoms with Crippen LogP contribution in [0.4, 0.5) is 0 Å². The highest BCUT2D eigenvalue weighted by Crippen LogP contribution is 2.09. The predicted molar refractivity (Wildman–Crippen MR) is 67.5 cm³/mol. The van der Waals surface area contributed by atoms with Crippen molar-refractivity contribution in [2.45, 2.75) is 13.5 Å². The van der Waals surface area contributed by atoms with Gasteiger partial charge in [0.2, 0.25) is 0 Å². The molecule has 0 saturated carbocycles. The van der Waals surface area contributed by atoms with Crippen molar-refractivity contribution < 1.29 is 12.8 Å². The zero-order valence-electron chi connectivity index (χ0n) is 8.49. The Labute approximate surface area is 103 Å². The first kappa shape index (κ1) is 13.0. The molecule has 0 aliphatic rings. The van der Waals surface area contributed by atoms with E-state index in [1.165, 1.54) is 0 Å². The van der Waals surface area contributed by atoms with Crippen LogP contribution < -0.4 is 5.32 Å². The van der Waals surface area contributed by atoms with Crippen LogP contribution in [0.25, 0.3) is 0 Å². The van der Waals surface area contributed by atoms with Crippen LogP contribution >= 0.6 is 22.6 Å². The molecule has 0 bridgehead atoms. The Morgan fingerprint density at radius 1 is 1.47 bits per heavy atom. The maximum absolute atomic E-state index is 11.2. The molecule has 0 fully saturated rings. The lowest BCUT2D eigenvalue weighted by atomic mass is 10.4. The third-order valence-corrected chi connectivity index (χ3v) is 4.24. The number of furan rings is 1. The van der Waals surface area contributed by atoms with Gasteiger partial charge in [-0.05, 0) is 34.7 Å². The molecule has 4 nitrogen and oxygen atoms in total. The minimum Gasteiger partial charge on any atom is -0.454 e. The molecular weight excluding hydrogens is 329 g/mol. The van der Waals surface area contributed by atoms with Crippen molar-refractivity contribution in [2.75, 3.05) is 18.1 Å². The van der Waals surface area contributed by atoms with E-state index in [9.17, 15) is 8.42 Å². The van der Waals surface area contributed by atoms with Gasteiger partial charge in [0.05, 0.1) is 12.3 Å². The second-order valence-corrected chi connectivity index (χ2v) is 6.65. The maximum Gasteiger partial charge on any atom is 0.164 e. The molecule has 0 saturated heterocycles. The minimum atomic E-state index is -2.86. The average Bonchev–Trinajstić information content (AvgIpc) is 2.59. The highest BCUT2D eigenvalue weighted by atomic mass is 127. The zero-order valence-corrected chi connectivity index (χ0v) is 11.5. The summed E-state index contributed by atoms with van der Waals surface area (Å²) < 4.78 is 28.5. The first-order valence-corrected chi connectivity index (χ1v) is 7.59. The summed E-state index contributed by atoms with van der Waals surface area (Å²) >= 11 is 2.09. The largest absolute Gasteiger partial charge is 0.454 e. The van der Waals surface area contributed by atoms with Crippen LogP contribution in [0.3, 0.4) is 0 Å². The molecule has 0 aromatic carbocycles. The smallest absolute Gasteiger partial charge is 0.164 e. The van der Waals surface area contributed by atoms with Gasteiger partial charge in [0.25, 0.3) is 0 Å². The lowest BCUT2D eigenvalue weighted by Crippen LogP contribution is -2.23. The van der Waals surface area contributed by atoms with Crippen molar-refractivity contribution in [1.29, 1.82) is 0 Å². The molecule has 0 aliphatic carbocycles. The summed E-state index contributed by atoms with van der Waals surface area (Å²) in [6.07, 6.45) is 0. The van der Waals surface area contributed by atoms with E-state index in [1.54, 1.807) is 6.92 Å². The molecule has 0 amide bonds. The summed E-state index contributed by atoms with van der Waals surface area (Å²) in [5, 5.41) is 3.03. The molecule has 0 radical (unpaired) electrons. The Hall–Kier alpha value is -0.0800. The molecule has 1 heterocycles. The van der Waals surface area contributed by atoms with Crippen molar-refractivity contribution in [3.63, 3.8) is 0 Å². The molecule has 0 atom stereocenters. The van der Waals surface area contributed by atoms with Crippen LogP contribution in [0, 0.1) is 3.77 Å².